The van der Waals surface area contributed by atoms with Crippen LogP contribution in [0.25, 0.3) is 0 Å². The SMILES string of the molecule is CC1C(C)S(=O)CCN1C(=O)CN. The van der Waals surface area contributed by atoms with Gasteiger partial charge in [0.05, 0.1) is 11.8 Å². The molecule has 1 aliphatic heterocycles. The van der Waals surface area contributed by atoms with Crippen LogP contribution in [0, 0.1) is 0 Å². The van der Waals surface area contributed by atoms with Gasteiger partial charge in [-0.05, 0) is 13.8 Å². The Morgan fingerprint density at radius 3 is 2.77 bits per heavy atom. The van der Waals surface area contributed by atoms with E-state index in [1.54, 1.807) is 4.90 Å². The Bertz CT molecular complexity index is 232. The maximum Gasteiger partial charge on any atom is 0.236 e. The maximum atomic E-state index is 11.4. The number of nitrogens with two attached hydrogens (primary N) is 1. The molecule has 2 N–H and O–H groups in total. The van der Waals surface area contributed by atoms with Gasteiger partial charge in [0, 0.05) is 29.1 Å². The molecular weight excluding hydrogens is 188 g/mol. The summed E-state index contributed by atoms with van der Waals surface area (Å²) in [7, 11) is -0.789. The van der Waals surface area contributed by atoms with E-state index in [4.69, 9.17) is 5.73 Å². The fourth-order valence-corrected chi connectivity index (χ4v) is 2.85. The van der Waals surface area contributed by atoms with Crippen molar-refractivity contribution in [3.05, 3.63) is 0 Å². The highest BCUT2D eigenvalue weighted by Gasteiger charge is 2.31. The number of amides is 1. The largest absolute Gasteiger partial charge is 0.337 e. The van der Waals surface area contributed by atoms with Crippen LogP contribution in [0.1, 0.15) is 13.8 Å². The van der Waals surface area contributed by atoms with Crippen LogP contribution >= 0.6 is 0 Å². The highest BCUT2D eigenvalue weighted by molar-refractivity contribution is 7.85. The van der Waals surface area contributed by atoms with E-state index in [1.807, 2.05) is 13.8 Å². The van der Waals surface area contributed by atoms with Crippen molar-refractivity contribution in [2.75, 3.05) is 18.8 Å². The van der Waals surface area contributed by atoms with Gasteiger partial charge in [-0.2, -0.15) is 0 Å². The van der Waals surface area contributed by atoms with Crippen molar-refractivity contribution in [1.82, 2.24) is 4.90 Å². The van der Waals surface area contributed by atoms with Crippen molar-refractivity contribution in [3.8, 4) is 0 Å². The molecule has 4 nitrogen and oxygen atoms in total. The molecule has 13 heavy (non-hydrogen) atoms. The molecule has 1 heterocycles. The molecule has 0 bridgehead atoms. The molecule has 0 radical (unpaired) electrons. The predicted molar refractivity (Wildman–Crippen MR) is 52.7 cm³/mol. The first kappa shape index (κ1) is 10.7. The first-order valence-electron chi connectivity index (χ1n) is 4.44. The van der Waals surface area contributed by atoms with Crippen molar-refractivity contribution in [2.45, 2.75) is 25.1 Å². The van der Waals surface area contributed by atoms with Crippen molar-refractivity contribution in [3.63, 3.8) is 0 Å². The van der Waals surface area contributed by atoms with Gasteiger partial charge >= 0.3 is 0 Å². The topological polar surface area (TPSA) is 63.4 Å². The minimum Gasteiger partial charge on any atom is -0.337 e. The summed E-state index contributed by atoms with van der Waals surface area (Å²) >= 11 is 0. The third-order valence-corrected chi connectivity index (χ3v) is 4.42. The van der Waals surface area contributed by atoms with Crippen molar-refractivity contribution >= 4 is 16.7 Å². The zero-order valence-corrected chi connectivity index (χ0v) is 8.84. The molecule has 5 heteroatoms. The fraction of sp³-hybridized carbons (Fsp3) is 0.875. The molecule has 1 rings (SSSR count). The third-order valence-electron chi connectivity index (χ3n) is 2.61. The normalized spacial score (nSPS) is 34.7. The predicted octanol–water partition coefficient (Wildman–Crippen LogP) is -0.687. The Balaban J connectivity index is 2.69. The second-order valence-corrected chi connectivity index (χ2v) is 5.24. The standard InChI is InChI=1S/C8H16N2O2S/c1-6-7(2)13(12)4-3-10(6)8(11)5-9/h6-7H,3-5,9H2,1-2H3. The van der Waals surface area contributed by atoms with Crippen LogP contribution in [0.3, 0.4) is 0 Å². The van der Waals surface area contributed by atoms with Gasteiger partial charge < -0.3 is 10.6 Å². The molecule has 3 unspecified atom stereocenters. The fourth-order valence-electron chi connectivity index (χ4n) is 1.52. The molecule has 1 saturated heterocycles. The number of hydrogen-bond donors (Lipinski definition) is 1. The van der Waals surface area contributed by atoms with Gasteiger partial charge in [-0.15, -0.1) is 0 Å². The molecule has 76 valence electrons. The summed E-state index contributed by atoms with van der Waals surface area (Å²) in [6.07, 6.45) is 0. The van der Waals surface area contributed by atoms with E-state index >= 15 is 0 Å². The second kappa shape index (κ2) is 4.19. The summed E-state index contributed by atoms with van der Waals surface area (Å²) in [4.78, 5) is 13.1. The minimum absolute atomic E-state index is 0.0453. The Labute approximate surface area is 80.9 Å². The molecular formula is C8H16N2O2S. The first-order valence-corrected chi connectivity index (χ1v) is 5.83. The average molecular weight is 204 g/mol. The number of carbonyl (C=O) groups excluding carboxylic acids is 1. The maximum absolute atomic E-state index is 11.4. The summed E-state index contributed by atoms with van der Waals surface area (Å²) in [5.74, 6) is 0.535. The molecule has 0 aromatic rings. The Kier molecular flexibility index (Phi) is 3.44. The number of rotatable bonds is 1. The molecule has 3 atom stereocenters. The van der Waals surface area contributed by atoms with E-state index in [1.165, 1.54) is 0 Å². The van der Waals surface area contributed by atoms with Crippen LogP contribution in [-0.2, 0) is 15.6 Å². The number of nitrogens with zero attached hydrogens (tertiary/aromatic N) is 1. The Hall–Kier alpha value is -0.420. The summed E-state index contributed by atoms with van der Waals surface area (Å²) in [6.45, 7) is 4.46. The average Bonchev–Trinajstić information content (AvgIpc) is 2.13. The smallest absolute Gasteiger partial charge is 0.236 e. The van der Waals surface area contributed by atoms with Gasteiger partial charge in [-0.1, -0.05) is 0 Å². The van der Waals surface area contributed by atoms with E-state index in [9.17, 15) is 9.00 Å². The van der Waals surface area contributed by atoms with Crippen LogP contribution in [0.4, 0.5) is 0 Å². The van der Waals surface area contributed by atoms with Crippen LogP contribution in [0.2, 0.25) is 0 Å². The van der Waals surface area contributed by atoms with Crippen molar-refractivity contribution in [1.29, 1.82) is 0 Å². The Morgan fingerprint density at radius 2 is 2.23 bits per heavy atom. The zero-order valence-electron chi connectivity index (χ0n) is 8.03. The number of hydrogen-bond acceptors (Lipinski definition) is 3. The zero-order chi connectivity index (χ0) is 10.0. The molecule has 1 aliphatic rings. The summed E-state index contributed by atoms with van der Waals surface area (Å²) in [6, 6.07) is 0.0469. The lowest BCUT2D eigenvalue weighted by molar-refractivity contribution is -0.131. The van der Waals surface area contributed by atoms with E-state index in [2.05, 4.69) is 0 Å². The van der Waals surface area contributed by atoms with Crippen LogP contribution in [0.5, 0.6) is 0 Å². The molecule has 0 spiro atoms. The van der Waals surface area contributed by atoms with E-state index in [0.717, 1.165) is 0 Å². The summed E-state index contributed by atoms with van der Waals surface area (Å²) in [5.41, 5.74) is 5.28. The van der Waals surface area contributed by atoms with E-state index < -0.39 is 10.8 Å². The molecule has 0 aliphatic carbocycles. The van der Waals surface area contributed by atoms with Gasteiger partial charge in [-0.25, -0.2) is 0 Å². The first-order chi connectivity index (χ1) is 6.07. The van der Waals surface area contributed by atoms with Crippen molar-refractivity contribution in [2.24, 2.45) is 5.73 Å². The molecule has 0 saturated carbocycles. The monoisotopic (exact) mass is 204 g/mol. The van der Waals surface area contributed by atoms with E-state index in [-0.39, 0.29) is 23.7 Å². The van der Waals surface area contributed by atoms with Gasteiger partial charge in [0.25, 0.3) is 0 Å². The van der Waals surface area contributed by atoms with Gasteiger partial charge in [0.15, 0.2) is 0 Å². The highest BCUT2D eigenvalue weighted by atomic mass is 32.2. The molecule has 1 amide bonds. The van der Waals surface area contributed by atoms with E-state index in [0.29, 0.717) is 12.3 Å². The number of carbonyl (C=O) groups is 1. The summed E-state index contributed by atoms with van der Waals surface area (Å²) < 4.78 is 11.4. The van der Waals surface area contributed by atoms with Crippen LogP contribution < -0.4 is 5.73 Å². The highest BCUT2D eigenvalue weighted by Crippen LogP contribution is 2.15. The van der Waals surface area contributed by atoms with Crippen molar-refractivity contribution < 1.29 is 9.00 Å². The van der Waals surface area contributed by atoms with Gasteiger partial charge in [-0.3, -0.25) is 9.00 Å². The van der Waals surface area contributed by atoms with Crippen LogP contribution in [-0.4, -0.2) is 45.2 Å². The molecule has 0 aromatic carbocycles. The lowest BCUT2D eigenvalue weighted by atomic mass is 10.2. The second-order valence-electron chi connectivity index (χ2n) is 3.32. The van der Waals surface area contributed by atoms with Crippen LogP contribution in [0.15, 0.2) is 0 Å². The van der Waals surface area contributed by atoms with Gasteiger partial charge in [0.2, 0.25) is 5.91 Å². The molecule has 0 aromatic heterocycles. The minimum atomic E-state index is -0.789. The quantitative estimate of drug-likeness (QED) is 0.615. The lowest BCUT2D eigenvalue weighted by Gasteiger charge is -2.37. The summed E-state index contributed by atoms with van der Waals surface area (Å²) in [5, 5.41) is 0.0595. The Morgan fingerprint density at radius 1 is 1.62 bits per heavy atom. The van der Waals surface area contributed by atoms with Gasteiger partial charge in [0.1, 0.15) is 0 Å². The molecule has 1 fully saturated rings. The lowest BCUT2D eigenvalue weighted by Crippen LogP contribution is -2.53. The third kappa shape index (κ3) is 2.08.